The van der Waals surface area contributed by atoms with Gasteiger partial charge in [-0.3, -0.25) is 0 Å². The van der Waals surface area contributed by atoms with E-state index in [1.54, 1.807) is 0 Å². The zero-order chi connectivity index (χ0) is 27.0. The van der Waals surface area contributed by atoms with E-state index in [0.29, 0.717) is 25.5 Å². The first kappa shape index (κ1) is 29.0. The van der Waals surface area contributed by atoms with Crippen LogP contribution in [0, 0.1) is 0 Å². The van der Waals surface area contributed by atoms with Gasteiger partial charge in [-0.25, -0.2) is 0 Å². The fourth-order valence-electron chi connectivity index (χ4n) is 4.57. The van der Waals surface area contributed by atoms with Gasteiger partial charge in [0.15, 0.2) is 0 Å². The number of hydrogen-bond acceptors (Lipinski definition) is 4. The number of ether oxygens (including phenoxy) is 1. The second-order valence-electron chi connectivity index (χ2n) is 10.2. The minimum absolute atomic E-state index is 0.191. The Morgan fingerprint density at radius 2 is 1.30 bits per heavy atom. The number of esters is 1. The molecule has 0 fully saturated rings. The third-order valence-corrected chi connectivity index (χ3v) is 16.3. The van der Waals surface area contributed by atoms with E-state index >= 15 is 0 Å². The van der Waals surface area contributed by atoms with Crippen LogP contribution in [0.3, 0.4) is 0 Å². The SMILES string of the molecule is CC(C)(C)OC(=O)[C@H](CCCN)NC(=O)CCP(Br)(c1ccccc1)(c1ccccc1)c1ccccc1. The van der Waals surface area contributed by atoms with Gasteiger partial charge >= 0.3 is 229 Å². The van der Waals surface area contributed by atoms with Crippen molar-refractivity contribution in [2.45, 2.75) is 51.7 Å². The second kappa shape index (κ2) is 12.3. The molecule has 0 saturated heterocycles. The molecule has 0 aliphatic carbocycles. The molecule has 0 unspecified atom stereocenters. The van der Waals surface area contributed by atoms with Gasteiger partial charge in [-0.15, -0.1) is 0 Å². The first-order chi connectivity index (χ1) is 17.6. The van der Waals surface area contributed by atoms with Crippen LogP contribution >= 0.6 is 20.8 Å². The summed E-state index contributed by atoms with van der Waals surface area (Å²) in [6.07, 6.45) is 1.82. The van der Waals surface area contributed by atoms with Crippen LogP contribution < -0.4 is 27.0 Å². The molecule has 3 rings (SSSR count). The van der Waals surface area contributed by atoms with Gasteiger partial charge < -0.3 is 0 Å². The molecular formula is C30H38BrN2O3P. The summed E-state index contributed by atoms with van der Waals surface area (Å²) in [5, 5.41) is 3.15. The van der Waals surface area contributed by atoms with Gasteiger partial charge in [0.25, 0.3) is 0 Å². The van der Waals surface area contributed by atoms with Gasteiger partial charge in [0.2, 0.25) is 0 Å². The summed E-state index contributed by atoms with van der Waals surface area (Å²) in [6.45, 7) is 5.89. The molecule has 0 spiro atoms. The average Bonchev–Trinajstić information content (AvgIpc) is 2.90. The quantitative estimate of drug-likeness (QED) is 0.251. The third-order valence-electron chi connectivity index (χ3n) is 6.37. The Labute approximate surface area is 228 Å². The van der Waals surface area contributed by atoms with Crippen LogP contribution in [0.2, 0.25) is 0 Å². The summed E-state index contributed by atoms with van der Waals surface area (Å²) in [4.78, 5) is 26.3. The van der Waals surface area contributed by atoms with Crippen molar-refractivity contribution in [1.82, 2.24) is 5.32 Å². The summed E-state index contributed by atoms with van der Waals surface area (Å²) in [7, 11) is 0. The van der Waals surface area contributed by atoms with E-state index < -0.39 is 22.9 Å². The fraction of sp³-hybridized carbons (Fsp3) is 0.333. The molecule has 1 atom stereocenters. The van der Waals surface area contributed by atoms with Crippen molar-refractivity contribution >= 4 is 48.6 Å². The maximum atomic E-state index is 13.4. The Balaban J connectivity index is 1.99. The Morgan fingerprint density at radius 1 is 0.865 bits per heavy atom. The fourth-order valence-corrected chi connectivity index (χ4v) is 11.9. The van der Waals surface area contributed by atoms with Crippen molar-refractivity contribution in [3.8, 4) is 0 Å². The number of nitrogens with two attached hydrogens (primary N) is 1. The number of carbonyl (C=O) groups excluding carboxylic acids is 2. The molecule has 0 aliphatic heterocycles. The number of hydrogen-bond donors (Lipinski definition) is 2. The molecule has 198 valence electrons. The van der Waals surface area contributed by atoms with E-state index in [1.807, 2.05) is 75.4 Å². The number of carbonyl (C=O) groups is 2. The molecule has 5 nitrogen and oxygen atoms in total. The van der Waals surface area contributed by atoms with Crippen LogP contribution in [0.25, 0.3) is 0 Å². The average molecular weight is 586 g/mol. The third kappa shape index (κ3) is 6.87. The van der Waals surface area contributed by atoms with Crippen LogP contribution in [0.4, 0.5) is 0 Å². The minimum atomic E-state index is -3.23. The molecule has 0 aromatic heterocycles. The molecule has 3 aromatic rings. The number of amides is 1. The molecule has 0 radical (unpaired) electrons. The van der Waals surface area contributed by atoms with Gasteiger partial charge in [-0.05, 0) is 0 Å². The van der Waals surface area contributed by atoms with Gasteiger partial charge in [-0.1, -0.05) is 0 Å². The molecule has 0 saturated carbocycles. The van der Waals surface area contributed by atoms with E-state index in [0.717, 1.165) is 15.9 Å². The van der Waals surface area contributed by atoms with Crippen LogP contribution in [0.1, 0.15) is 40.0 Å². The summed E-state index contributed by atoms with van der Waals surface area (Å²) >= 11 is 4.37. The van der Waals surface area contributed by atoms with Crippen LogP contribution in [-0.2, 0) is 14.3 Å². The zero-order valence-electron chi connectivity index (χ0n) is 21.9. The maximum absolute atomic E-state index is 13.4. The van der Waals surface area contributed by atoms with Crippen molar-refractivity contribution < 1.29 is 14.3 Å². The number of benzene rings is 3. The monoisotopic (exact) mass is 584 g/mol. The molecule has 0 aliphatic rings. The summed E-state index contributed by atoms with van der Waals surface area (Å²) < 4.78 is 5.58. The molecule has 0 bridgehead atoms. The van der Waals surface area contributed by atoms with E-state index in [-0.39, 0.29) is 12.3 Å². The number of rotatable bonds is 11. The topological polar surface area (TPSA) is 81.4 Å². The van der Waals surface area contributed by atoms with E-state index in [1.165, 1.54) is 0 Å². The second-order valence-corrected chi connectivity index (χ2v) is 19.3. The normalized spacial score (nSPS) is 13.7. The van der Waals surface area contributed by atoms with Crippen molar-refractivity contribution in [2.24, 2.45) is 5.73 Å². The Morgan fingerprint density at radius 3 is 1.68 bits per heavy atom. The Kier molecular flexibility index (Phi) is 9.68. The first-order valence-electron chi connectivity index (χ1n) is 12.7. The molecular weight excluding hydrogens is 547 g/mol. The van der Waals surface area contributed by atoms with Crippen molar-refractivity contribution in [1.29, 1.82) is 0 Å². The van der Waals surface area contributed by atoms with Gasteiger partial charge in [0.1, 0.15) is 0 Å². The van der Waals surface area contributed by atoms with Crippen LogP contribution in [0.5, 0.6) is 0 Å². The van der Waals surface area contributed by atoms with Crippen molar-refractivity contribution in [2.75, 3.05) is 12.7 Å². The molecule has 3 aromatic carbocycles. The predicted octanol–water partition coefficient (Wildman–Crippen LogP) is 4.78. The zero-order valence-corrected chi connectivity index (χ0v) is 24.4. The van der Waals surface area contributed by atoms with E-state index in [9.17, 15) is 9.59 Å². The molecule has 37 heavy (non-hydrogen) atoms. The van der Waals surface area contributed by atoms with Crippen molar-refractivity contribution in [3.05, 3.63) is 91.0 Å². The van der Waals surface area contributed by atoms with Crippen LogP contribution in [-0.4, -0.2) is 36.2 Å². The standard InChI is InChI=1S/C30H38BrN2O3P/c1-30(2,3)36-29(35)27(20-13-22-32)33-28(34)21-23-37(31,24-14-7-4-8-15-24,25-16-9-5-10-17-25)26-18-11-6-12-19-26/h4-12,14-19,27H,13,20-23,32H2,1-3H3,(H,33,34)/t27-/m0/s1. The Bertz CT molecular complexity index is 1070. The van der Waals surface area contributed by atoms with Crippen LogP contribution in [0.15, 0.2) is 91.0 Å². The van der Waals surface area contributed by atoms with Gasteiger partial charge in [0, 0.05) is 0 Å². The summed E-state index contributed by atoms with van der Waals surface area (Å²) in [5.74, 6) is -0.621. The number of nitrogens with one attached hydrogen (secondary N) is 1. The van der Waals surface area contributed by atoms with Gasteiger partial charge in [-0.2, -0.15) is 0 Å². The number of halogens is 1. The summed E-state index contributed by atoms with van der Waals surface area (Å²) in [5.41, 5.74) is 5.05. The van der Waals surface area contributed by atoms with Gasteiger partial charge in [0.05, 0.1) is 0 Å². The van der Waals surface area contributed by atoms with E-state index in [4.69, 9.17) is 10.5 Å². The predicted molar refractivity (Wildman–Crippen MR) is 160 cm³/mol. The molecule has 3 N–H and O–H groups in total. The van der Waals surface area contributed by atoms with E-state index in [2.05, 4.69) is 57.2 Å². The molecule has 7 heteroatoms. The molecule has 0 heterocycles. The molecule has 1 amide bonds. The Hall–Kier alpha value is -2.53. The van der Waals surface area contributed by atoms with Crippen molar-refractivity contribution in [3.63, 3.8) is 0 Å². The summed E-state index contributed by atoms with van der Waals surface area (Å²) in [6, 6.07) is 30.3. The first-order valence-corrected chi connectivity index (χ1v) is 17.1.